The number of halogens is 3. The van der Waals surface area contributed by atoms with E-state index in [0.717, 1.165) is 29.0 Å². The van der Waals surface area contributed by atoms with Crippen LogP contribution in [0.15, 0.2) is 108 Å². The first-order valence-corrected chi connectivity index (χ1v) is 15.7. The van der Waals surface area contributed by atoms with E-state index in [1.54, 1.807) is 18.3 Å². The van der Waals surface area contributed by atoms with Gasteiger partial charge < -0.3 is 13.9 Å². The third kappa shape index (κ3) is 6.02. The highest BCUT2D eigenvalue weighted by molar-refractivity contribution is 14.1. The molecule has 0 aliphatic heterocycles. The van der Waals surface area contributed by atoms with Crippen molar-refractivity contribution >= 4 is 82.5 Å². The molecule has 0 fully saturated rings. The van der Waals surface area contributed by atoms with E-state index in [0.29, 0.717) is 52.8 Å². The molecular weight excluding hydrogens is 777 g/mol. The van der Waals surface area contributed by atoms with Crippen LogP contribution >= 0.6 is 54.5 Å². The lowest BCUT2D eigenvalue weighted by Gasteiger charge is -2.15. The molecule has 0 aliphatic rings. The number of hydrogen-bond donors (Lipinski definition) is 0. The number of furan rings is 1. The predicted molar refractivity (Wildman–Crippen MR) is 181 cm³/mol. The SMILES string of the molecule is CCOc1cc(C=Nn2c(-c3cc4cc(Br)ccc4o3)nc3ccccc3c2=O)cc(I)c1OCc1ccc(Br)cc1. The smallest absolute Gasteiger partial charge is 0.282 e. The van der Waals surface area contributed by atoms with Gasteiger partial charge in [0, 0.05) is 14.3 Å². The van der Waals surface area contributed by atoms with Crippen LogP contribution in [0.3, 0.4) is 0 Å². The number of fused-ring (bicyclic) bond motifs is 2. The Labute approximate surface area is 271 Å². The van der Waals surface area contributed by atoms with Crippen molar-refractivity contribution in [3.8, 4) is 23.1 Å². The molecule has 0 saturated heterocycles. The van der Waals surface area contributed by atoms with E-state index >= 15 is 0 Å². The third-order valence-electron chi connectivity index (χ3n) is 6.40. The summed E-state index contributed by atoms with van der Waals surface area (Å²) in [6.07, 6.45) is 1.61. The molecule has 0 aliphatic carbocycles. The monoisotopic (exact) mass is 797 g/mol. The van der Waals surface area contributed by atoms with Gasteiger partial charge in [0.05, 0.1) is 27.3 Å². The summed E-state index contributed by atoms with van der Waals surface area (Å²) in [5, 5.41) is 5.95. The fourth-order valence-electron chi connectivity index (χ4n) is 4.44. The minimum absolute atomic E-state index is 0.302. The Kier molecular flexibility index (Phi) is 8.45. The number of benzene rings is 4. The van der Waals surface area contributed by atoms with E-state index in [4.69, 9.17) is 18.9 Å². The van der Waals surface area contributed by atoms with Crippen LogP contribution < -0.4 is 15.0 Å². The topological polar surface area (TPSA) is 78.9 Å². The normalized spacial score (nSPS) is 11.5. The Morgan fingerprint density at radius 1 is 0.976 bits per heavy atom. The number of nitrogens with zero attached hydrogens (tertiary/aromatic N) is 3. The van der Waals surface area contributed by atoms with Crippen LogP contribution in [0.25, 0.3) is 33.5 Å². The second kappa shape index (κ2) is 12.4. The quantitative estimate of drug-likeness (QED) is 0.114. The predicted octanol–water partition coefficient (Wildman–Crippen LogP) is 8.80. The molecule has 0 unspecified atom stereocenters. The van der Waals surface area contributed by atoms with Gasteiger partial charge in [0.2, 0.25) is 5.82 Å². The van der Waals surface area contributed by atoms with Crippen molar-refractivity contribution in [1.82, 2.24) is 9.66 Å². The largest absolute Gasteiger partial charge is 0.490 e. The summed E-state index contributed by atoms with van der Waals surface area (Å²) in [7, 11) is 0. The van der Waals surface area contributed by atoms with Crippen LogP contribution in [0.2, 0.25) is 0 Å². The van der Waals surface area contributed by atoms with Gasteiger partial charge in [-0.25, -0.2) is 4.98 Å². The number of rotatable bonds is 8. The summed E-state index contributed by atoms with van der Waals surface area (Å²) >= 11 is 9.19. The highest BCUT2D eigenvalue weighted by Gasteiger charge is 2.17. The molecule has 0 N–H and O–H groups in total. The maximum absolute atomic E-state index is 13.7. The molecule has 7 nitrogen and oxygen atoms in total. The lowest BCUT2D eigenvalue weighted by atomic mass is 10.2. The summed E-state index contributed by atoms with van der Waals surface area (Å²) in [6, 6.07) is 26.5. The number of hydrogen-bond acceptors (Lipinski definition) is 6. The molecule has 0 spiro atoms. The summed E-state index contributed by atoms with van der Waals surface area (Å²) in [6.45, 7) is 2.78. The Balaban J connectivity index is 1.40. The molecule has 10 heteroatoms. The van der Waals surface area contributed by atoms with Gasteiger partial charge in [-0.1, -0.05) is 56.1 Å². The van der Waals surface area contributed by atoms with Crippen molar-refractivity contribution in [1.29, 1.82) is 0 Å². The molecule has 6 aromatic rings. The van der Waals surface area contributed by atoms with E-state index in [1.165, 1.54) is 4.68 Å². The Morgan fingerprint density at radius 2 is 1.76 bits per heavy atom. The van der Waals surface area contributed by atoms with Crippen LogP contribution in [0, 0.1) is 3.57 Å². The summed E-state index contributed by atoms with van der Waals surface area (Å²) < 4.78 is 22.3. The molecule has 0 saturated carbocycles. The van der Waals surface area contributed by atoms with Gasteiger partial charge in [-0.3, -0.25) is 4.79 Å². The van der Waals surface area contributed by atoms with Crippen LogP contribution in [0.5, 0.6) is 11.5 Å². The van der Waals surface area contributed by atoms with Crippen LogP contribution in [0.1, 0.15) is 18.1 Å². The number of ether oxygens (including phenoxy) is 2. The summed E-state index contributed by atoms with van der Waals surface area (Å²) in [4.78, 5) is 18.4. The fourth-order valence-corrected chi connectivity index (χ4v) is 5.86. The molecule has 210 valence electrons. The van der Waals surface area contributed by atoms with E-state index in [-0.39, 0.29) is 5.56 Å². The standard InChI is InChI=1S/C32H22Br2IN3O4/c1-2-40-28-14-20(13-25(35)30(28)41-18-19-7-9-22(33)10-8-19)17-36-38-31(37-26-6-4-3-5-24(26)32(38)39)29-16-21-15-23(34)11-12-27(21)42-29/h3-17H,2,18H2,1H3. The zero-order valence-corrected chi connectivity index (χ0v) is 27.5. The van der Waals surface area contributed by atoms with Gasteiger partial charge >= 0.3 is 0 Å². The average Bonchev–Trinajstić information content (AvgIpc) is 3.40. The molecule has 6 rings (SSSR count). The zero-order valence-electron chi connectivity index (χ0n) is 22.2. The van der Waals surface area contributed by atoms with Crippen molar-refractivity contribution in [2.45, 2.75) is 13.5 Å². The first kappa shape index (κ1) is 28.6. The average molecular weight is 799 g/mol. The van der Waals surface area contributed by atoms with Crippen LogP contribution in [-0.2, 0) is 6.61 Å². The first-order chi connectivity index (χ1) is 20.4. The molecule has 4 aromatic carbocycles. The lowest BCUT2D eigenvalue weighted by Crippen LogP contribution is -2.20. The highest BCUT2D eigenvalue weighted by Crippen LogP contribution is 2.35. The van der Waals surface area contributed by atoms with E-state index in [9.17, 15) is 4.79 Å². The van der Waals surface area contributed by atoms with Gasteiger partial charge in [0.25, 0.3) is 5.56 Å². The fraction of sp³-hybridized carbons (Fsp3) is 0.0938. The van der Waals surface area contributed by atoms with Gasteiger partial charge in [0.15, 0.2) is 17.3 Å². The number of aromatic nitrogens is 2. The van der Waals surface area contributed by atoms with Crippen LogP contribution in [-0.4, -0.2) is 22.5 Å². The van der Waals surface area contributed by atoms with Crippen molar-refractivity contribution in [2.75, 3.05) is 6.61 Å². The molecule has 0 atom stereocenters. The van der Waals surface area contributed by atoms with Gasteiger partial charge in [0.1, 0.15) is 12.2 Å². The Hall–Kier alpha value is -3.48. The molecule has 0 amide bonds. The van der Waals surface area contributed by atoms with Crippen LogP contribution in [0.4, 0.5) is 0 Å². The van der Waals surface area contributed by atoms with E-state index in [1.807, 2.05) is 79.7 Å². The molecule has 0 radical (unpaired) electrons. The summed E-state index contributed by atoms with van der Waals surface area (Å²) in [5.74, 6) is 1.98. The molecular formula is C32H22Br2IN3O4. The van der Waals surface area contributed by atoms with E-state index < -0.39 is 0 Å². The number of para-hydroxylation sites is 1. The lowest BCUT2D eigenvalue weighted by molar-refractivity contribution is 0.267. The van der Waals surface area contributed by atoms with Crippen molar-refractivity contribution in [3.05, 3.63) is 119 Å². The maximum Gasteiger partial charge on any atom is 0.282 e. The Morgan fingerprint density at radius 3 is 2.57 bits per heavy atom. The highest BCUT2D eigenvalue weighted by atomic mass is 127. The van der Waals surface area contributed by atoms with Crippen molar-refractivity contribution in [3.63, 3.8) is 0 Å². The second-order valence-electron chi connectivity index (χ2n) is 9.29. The van der Waals surface area contributed by atoms with Crippen molar-refractivity contribution in [2.24, 2.45) is 5.10 Å². The molecule has 42 heavy (non-hydrogen) atoms. The molecule has 2 heterocycles. The molecule has 0 bridgehead atoms. The zero-order chi connectivity index (χ0) is 29.2. The van der Waals surface area contributed by atoms with E-state index in [2.05, 4.69) is 59.6 Å². The maximum atomic E-state index is 13.7. The molecule has 2 aromatic heterocycles. The third-order valence-corrected chi connectivity index (χ3v) is 8.23. The first-order valence-electron chi connectivity index (χ1n) is 13.0. The van der Waals surface area contributed by atoms with Gasteiger partial charge in [-0.05, 0) is 101 Å². The summed E-state index contributed by atoms with van der Waals surface area (Å²) in [5.41, 5.74) is 2.71. The minimum Gasteiger partial charge on any atom is -0.490 e. The Bertz CT molecular complexity index is 2020. The van der Waals surface area contributed by atoms with Gasteiger partial charge in [-0.15, -0.1) is 0 Å². The minimum atomic E-state index is -0.303. The second-order valence-corrected chi connectivity index (χ2v) is 12.3. The van der Waals surface area contributed by atoms with Gasteiger partial charge in [-0.2, -0.15) is 9.78 Å². The van der Waals surface area contributed by atoms with Crippen molar-refractivity contribution < 1.29 is 13.9 Å².